The first-order valence-corrected chi connectivity index (χ1v) is 8.83. The molecule has 0 bridgehead atoms. The Balaban J connectivity index is 2.85. The maximum Gasteiger partial charge on any atom is 0.0790 e. The van der Waals surface area contributed by atoms with Gasteiger partial charge in [0.1, 0.15) is 0 Å². The van der Waals surface area contributed by atoms with Crippen LogP contribution < -0.4 is 5.32 Å². The Morgan fingerprint density at radius 2 is 1.71 bits per heavy atom. The van der Waals surface area contributed by atoms with E-state index >= 15 is 0 Å². The van der Waals surface area contributed by atoms with E-state index in [4.69, 9.17) is 4.74 Å². The minimum Gasteiger partial charge on any atom is -0.368 e. The van der Waals surface area contributed by atoms with Crippen LogP contribution in [0.1, 0.15) is 61.8 Å². The molecule has 1 N–H and O–H groups in total. The third-order valence-electron chi connectivity index (χ3n) is 5.16. The first-order chi connectivity index (χ1) is 9.67. The molecule has 3 heteroatoms. The zero-order valence-corrected chi connectivity index (χ0v) is 15.6. The number of rotatable bonds is 8. The Morgan fingerprint density at radius 3 is 2.19 bits per heavy atom. The summed E-state index contributed by atoms with van der Waals surface area (Å²) >= 11 is 0. The molecule has 0 aromatic heterocycles. The molecule has 0 saturated carbocycles. The smallest absolute Gasteiger partial charge is 0.0790 e. The van der Waals surface area contributed by atoms with Crippen LogP contribution in [0, 0.1) is 11.8 Å². The summed E-state index contributed by atoms with van der Waals surface area (Å²) in [5.74, 6) is 1.29. The molecule has 1 saturated heterocycles. The van der Waals surface area contributed by atoms with Gasteiger partial charge in [-0.25, -0.2) is 0 Å². The Hall–Kier alpha value is -0.120. The van der Waals surface area contributed by atoms with Crippen molar-refractivity contribution in [2.45, 2.75) is 79.1 Å². The lowest BCUT2D eigenvalue weighted by Crippen LogP contribution is -2.51. The largest absolute Gasteiger partial charge is 0.368 e. The van der Waals surface area contributed by atoms with Gasteiger partial charge in [0.05, 0.1) is 11.2 Å². The molecule has 3 atom stereocenters. The van der Waals surface area contributed by atoms with Crippen molar-refractivity contribution < 1.29 is 4.74 Å². The zero-order valence-electron chi connectivity index (χ0n) is 15.6. The molecule has 1 aliphatic rings. The lowest BCUT2D eigenvalue weighted by molar-refractivity contribution is -0.0796. The number of nitrogens with one attached hydrogen (secondary N) is 1. The fraction of sp³-hybridized carbons (Fsp3) is 1.00. The topological polar surface area (TPSA) is 24.5 Å². The second kappa shape index (κ2) is 7.43. The van der Waals surface area contributed by atoms with Gasteiger partial charge in [0.25, 0.3) is 0 Å². The van der Waals surface area contributed by atoms with Crippen LogP contribution in [0.2, 0.25) is 0 Å². The van der Waals surface area contributed by atoms with Crippen LogP contribution in [0.4, 0.5) is 0 Å². The maximum atomic E-state index is 6.40. The Kier molecular flexibility index (Phi) is 6.70. The van der Waals surface area contributed by atoms with Crippen LogP contribution in [0.5, 0.6) is 0 Å². The number of hydrogen-bond donors (Lipinski definition) is 1. The van der Waals surface area contributed by atoms with E-state index in [0.29, 0.717) is 12.0 Å². The van der Waals surface area contributed by atoms with E-state index in [1.807, 2.05) is 0 Å². The van der Waals surface area contributed by atoms with Crippen LogP contribution >= 0.6 is 0 Å². The zero-order chi connectivity index (χ0) is 16.3. The molecule has 21 heavy (non-hydrogen) atoms. The molecule has 0 amide bonds. The summed E-state index contributed by atoms with van der Waals surface area (Å²) in [6.07, 6.45) is 1.25. The predicted octanol–water partition coefficient (Wildman–Crippen LogP) is 3.54. The molecular formula is C18H38N2O. The van der Waals surface area contributed by atoms with Crippen LogP contribution in [0.25, 0.3) is 0 Å². The van der Waals surface area contributed by atoms with E-state index in [1.165, 1.54) is 13.0 Å². The molecule has 1 rings (SSSR count). The molecule has 0 aromatic carbocycles. The average Bonchev–Trinajstić information content (AvgIpc) is 2.55. The van der Waals surface area contributed by atoms with Crippen molar-refractivity contribution in [1.29, 1.82) is 0 Å². The van der Waals surface area contributed by atoms with E-state index in [1.54, 1.807) is 0 Å². The van der Waals surface area contributed by atoms with Crippen LogP contribution in [-0.2, 0) is 4.74 Å². The normalized spacial score (nSPS) is 29.0. The van der Waals surface area contributed by atoms with Crippen molar-refractivity contribution >= 4 is 0 Å². The molecule has 0 aliphatic carbocycles. The predicted molar refractivity (Wildman–Crippen MR) is 91.8 cm³/mol. The summed E-state index contributed by atoms with van der Waals surface area (Å²) in [6, 6.07) is 0.420. The Labute approximate surface area is 132 Å². The molecule has 0 spiro atoms. The quantitative estimate of drug-likeness (QED) is 0.742. The minimum atomic E-state index is -0.0973. The van der Waals surface area contributed by atoms with Gasteiger partial charge < -0.3 is 15.0 Å². The van der Waals surface area contributed by atoms with Crippen LogP contribution in [0.3, 0.4) is 0 Å². The summed E-state index contributed by atoms with van der Waals surface area (Å²) in [4.78, 5) is 2.61. The van der Waals surface area contributed by atoms with E-state index < -0.39 is 0 Å². The fourth-order valence-electron chi connectivity index (χ4n) is 3.82. The highest BCUT2D eigenvalue weighted by molar-refractivity contribution is 5.06. The summed E-state index contributed by atoms with van der Waals surface area (Å²) in [5, 5.41) is 3.69. The molecule has 126 valence electrons. The van der Waals surface area contributed by atoms with Gasteiger partial charge in [0, 0.05) is 25.0 Å². The molecule has 1 heterocycles. The van der Waals surface area contributed by atoms with Gasteiger partial charge in [-0.2, -0.15) is 0 Å². The van der Waals surface area contributed by atoms with Crippen molar-refractivity contribution in [1.82, 2.24) is 10.2 Å². The van der Waals surface area contributed by atoms with E-state index in [9.17, 15) is 0 Å². The SMILES string of the molecule is CCNC1C(CN(CC)CC(C)CC)C(C)(C)OC1(C)C. The van der Waals surface area contributed by atoms with Gasteiger partial charge in [0.2, 0.25) is 0 Å². The molecule has 0 aromatic rings. The molecule has 1 aliphatic heterocycles. The van der Waals surface area contributed by atoms with Crippen molar-refractivity contribution in [2.75, 3.05) is 26.2 Å². The van der Waals surface area contributed by atoms with Crippen molar-refractivity contribution in [3.8, 4) is 0 Å². The third-order valence-corrected chi connectivity index (χ3v) is 5.16. The number of ether oxygens (including phenoxy) is 1. The fourth-order valence-corrected chi connectivity index (χ4v) is 3.82. The van der Waals surface area contributed by atoms with E-state index in [0.717, 1.165) is 25.6 Å². The second-order valence-corrected chi connectivity index (χ2v) is 7.82. The van der Waals surface area contributed by atoms with E-state index in [-0.39, 0.29) is 11.2 Å². The monoisotopic (exact) mass is 298 g/mol. The van der Waals surface area contributed by atoms with E-state index in [2.05, 4.69) is 65.6 Å². The summed E-state index contributed by atoms with van der Waals surface area (Å²) in [5.41, 5.74) is -0.167. The van der Waals surface area contributed by atoms with Crippen molar-refractivity contribution in [2.24, 2.45) is 11.8 Å². The molecule has 0 radical (unpaired) electrons. The van der Waals surface area contributed by atoms with Crippen molar-refractivity contribution in [3.05, 3.63) is 0 Å². The second-order valence-electron chi connectivity index (χ2n) is 7.82. The first-order valence-electron chi connectivity index (χ1n) is 8.83. The summed E-state index contributed by atoms with van der Waals surface area (Å²) < 4.78 is 6.40. The highest BCUT2D eigenvalue weighted by Gasteiger charge is 2.53. The highest BCUT2D eigenvalue weighted by Crippen LogP contribution is 2.42. The van der Waals surface area contributed by atoms with Gasteiger partial charge in [-0.05, 0) is 46.7 Å². The minimum absolute atomic E-state index is 0.0702. The van der Waals surface area contributed by atoms with Crippen LogP contribution in [-0.4, -0.2) is 48.3 Å². The average molecular weight is 299 g/mol. The van der Waals surface area contributed by atoms with Gasteiger partial charge in [-0.15, -0.1) is 0 Å². The first kappa shape index (κ1) is 18.9. The summed E-state index contributed by atoms with van der Waals surface area (Å²) in [7, 11) is 0. The molecule has 3 unspecified atom stereocenters. The maximum absolute atomic E-state index is 6.40. The Morgan fingerprint density at radius 1 is 1.10 bits per heavy atom. The van der Waals surface area contributed by atoms with Crippen molar-refractivity contribution in [3.63, 3.8) is 0 Å². The molecular weight excluding hydrogens is 260 g/mol. The third kappa shape index (κ3) is 4.67. The molecule has 3 nitrogen and oxygen atoms in total. The Bertz CT molecular complexity index is 314. The number of nitrogens with zero attached hydrogens (tertiary/aromatic N) is 1. The summed E-state index contributed by atoms with van der Waals surface area (Å²) in [6.45, 7) is 22.5. The lowest BCUT2D eigenvalue weighted by Gasteiger charge is -2.35. The standard InChI is InChI=1S/C18H38N2O/c1-9-14(4)12-20(11-3)13-15-16(19-10-2)18(7,8)21-17(15,5)6/h14-16,19H,9-13H2,1-8H3. The molecule has 1 fully saturated rings. The highest BCUT2D eigenvalue weighted by atomic mass is 16.5. The van der Waals surface area contributed by atoms with Gasteiger partial charge in [-0.3, -0.25) is 0 Å². The number of hydrogen-bond acceptors (Lipinski definition) is 3. The number of likely N-dealkylation sites (N-methyl/N-ethyl adjacent to an activating group) is 1. The van der Waals surface area contributed by atoms with Gasteiger partial charge in [0.15, 0.2) is 0 Å². The van der Waals surface area contributed by atoms with Gasteiger partial charge in [-0.1, -0.05) is 34.1 Å². The van der Waals surface area contributed by atoms with Gasteiger partial charge >= 0.3 is 0 Å². The lowest BCUT2D eigenvalue weighted by atomic mass is 9.82. The van der Waals surface area contributed by atoms with Crippen LogP contribution in [0.15, 0.2) is 0 Å².